The van der Waals surface area contributed by atoms with Gasteiger partial charge in [0.25, 0.3) is 0 Å². The zero-order valence-electron chi connectivity index (χ0n) is 8.45. The molecule has 0 atom stereocenters. The number of aromatic nitrogens is 2. The van der Waals surface area contributed by atoms with Crippen molar-refractivity contribution < 1.29 is 4.79 Å². The van der Waals surface area contributed by atoms with E-state index in [1.165, 1.54) is 6.33 Å². The highest BCUT2D eigenvalue weighted by atomic mass is 16.2. The number of hydrogen-bond donors (Lipinski definition) is 4. The smallest absolute Gasteiger partial charge is 0.312 e. The molecule has 0 unspecified atom stereocenters. The molecule has 6 N–H and O–H groups in total. The lowest BCUT2D eigenvalue weighted by molar-refractivity contribution is 0.249. The van der Waals surface area contributed by atoms with Crippen molar-refractivity contribution in [2.45, 2.75) is 6.92 Å². The minimum atomic E-state index is -0.546. The van der Waals surface area contributed by atoms with Crippen LogP contribution in [0.5, 0.6) is 0 Å². The lowest BCUT2D eigenvalue weighted by Crippen LogP contribution is -2.33. The minimum absolute atomic E-state index is 0.429. The number of amides is 2. The van der Waals surface area contributed by atoms with E-state index in [0.717, 1.165) is 5.56 Å². The van der Waals surface area contributed by atoms with E-state index in [4.69, 9.17) is 11.5 Å². The highest BCUT2D eigenvalue weighted by Crippen LogP contribution is 2.13. The summed E-state index contributed by atoms with van der Waals surface area (Å²) in [5.74, 6) is 1.10. The normalized spacial score (nSPS) is 9.67. The molecule has 1 aromatic heterocycles. The largest absolute Gasteiger partial charge is 0.383 e. The molecular formula is C8H14N6O. The van der Waals surface area contributed by atoms with Crippen LogP contribution in [0.1, 0.15) is 5.56 Å². The van der Waals surface area contributed by atoms with E-state index in [-0.39, 0.29) is 0 Å². The van der Waals surface area contributed by atoms with Gasteiger partial charge >= 0.3 is 6.03 Å². The average molecular weight is 210 g/mol. The van der Waals surface area contributed by atoms with Gasteiger partial charge in [0.1, 0.15) is 18.0 Å². The van der Waals surface area contributed by atoms with Gasteiger partial charge in [0.05, 0.1) is 0 Å². The summed E-state index contributed by atoms with van der Waals surface area (Å²) < 4.78 is 0. The first-order valence-corrected chi connectivity index (χ1v) is 4.45. The molecule has 0 saturated heterocycles. The first-order valence-electron chi connectivity index (χ1n) is 4.45. The standard InChI is InChI=1S/C8H14N6O/c1-5-6(9)13-4-14-7(5)11-2-3-12-8(10)15/h4H,2-3H2,1H3,(H3,10,12,15)(H3,9,11,13,14). The number of urea groups is 1. The summed E-state index contributed by atoms with van der Waals surface area (Å²) in [6, 6.07) is -0.546. The summed E-state index contributed by atoms with van der Waals surface area (Å²) in [7, 11) is 0. The van der Waals surface area contributed by atoms with E-state index in [2.05, 4.69) is 20.6 Å². The van der Waals surface area contributed by atoms with E-state index >= 15 is 0 Å². The molecule has 0 aliphatic heterocycles. The molecule has 1 heterocycles. The van der Waals surface area contributed by atoms with Gasteiger partial charge in [0.15, 0.2) is 0 Å². The monoisotopic (exact) mass is 210 g/mol. The molecule has 1 aromatic rings. The third-order valence-electron chi connectivity index (χ3n) is 1.84. The SMILES string of the molecule is Cc1c(N)ncnc1NCCNC(N)=O. The van der Waals surface area contributed by atoms with Crippen molar-refractivity contribution in [3.63, 3.8) is 0 Å². The third kappa shape index (κ3) is 3.29. The summed E-state index contributed by atoms with van der Waals surface area (Å²) in [5.41, 5.74) is 11.3. The molecule has 15 heavy (non-hydrogen) atoms. The van der Waals surface area contributed by atoms with Crippen molar-refractivity contribution in [2.75, 3.05) is 24.1 Å². The van der Waals surface area contributed by atoms with Crippen LogP contribution in [0.2, 0.25) is 0 Å². The Bertz CT molecular complexity index is 353. The second-order valence-corrected chi connectivity index (χ2v) is 2.95. The van der Waals surface area contributed by atoms with Gasteiger partial charge in [-0.1, -0.05) is 0 Å². The maximum absolute atomic E-state index is 10.4. The summed E-state index contributed by atoms with van der Waals surface area (Å²) >= 11 is 0. The van der Waals surface area contributed by atoms with Crippen molar-refractivity contribution in [3.05, 3.63) is 11.9 Å². The fourth-order valence-corrected chi connectivity index (χ4v) is 1.01. The molecule has 0 aromatic carbocycles. The Balaban J connectivity index is 2.44. The number of primary amides is 1. The maximum Gasteiger partial charge on any atom is 0.312 e. The van der Waals surface area contributed by atoms with Crippen LogP contribution in [-0.2, 0) is 0 Å². The number of carbonyl (C=O) groups is 1. The molecule has 0 fully saturated rings. The summed E-state index contributed by atoms with van der Waals surface area (Å²) in [6.07, 6.45) is 1.38. The Hall–Kier alpha value is -2.05. The quantitative estimate of drug-likeness (QED) is 0.497. The van der Waals surface area contributed by atoms with Gasteiger partial charge in [0, 0.05) is 18.7 Å². The van der Waals surface area contributed by atoms with E-state index in [0.29, 0.717) is 24.7 Å². The summed E-state index contributed by atoms with van der Waals surface area (Å²) in [5, 5.41) is 5.46. The molecule has 7 heteroatoms. The predicted octanol–water partition coefficient (Wildman–Crippen LogP) is -0.553. The van der Waals surface area contributed by atoms with Crippen LogP contribution in [0.15, 0.2) is 6.33 Å². The molecule has 0 aliphatic carbocycles. The first-order chi connectivity index (χ1) is 7.11. The van der Waals surface area contributed by atoms with Crippen molar-refractivity contribution >= 4 is 17.7 Å². The molecule has 2 amide bonds. The lowest BCUT2D eigenvalue weighted by Gasteiger charge is -2.08. The average Bonchev–Trinajstić information content (AvgIpc) is 2.18. The molecule has 0 radical (unpaired) electrons. The van der Waals surface area contributed by atoms with Crippen LogP contribution in [0.25, 0.3) is 0 Å². The van der Waals surface area contributed by atoms with Crippen LogP contribution in [0.4, 0.5) is 16.4 Å². The van der Waals surface area contributed by atoms with Crippen molar-refractivity contribution in [3.8, 4) is 0 Å². The molecule has 7 nitrogen and oxygen atoms in total. The van der Waals surface area contributed by atoms with Crippen molar-refractivity contribution in [2.24, 2.45) is 5.73 Å². The van der Waals surface area contributed by atoms with Gasteiger partial charge in [0.2, 0.25) is 0 Å². The van der Waals surface area contributed by atoms with Gasteiger partial charge < -0.3 is 22.1 Å². The Labute approximate surface area is 87.3 Å². The highest BCUT2D eigenvalue weighted by molar-refractivity contribution is 5.71. The number of nitrogens with two attached hydrogens (primary N) is 2. The fraction of sp³-hybridized carbons (Fsp3) is 0.375. The topological polar surface area (TPSA) is 119 Å². The second-order valence-electron chi connectivity index (χ2n) is 2.95. The molecule has 1 rings (SSSR count). The van der Waals surface area contributed by atoms with Gasteiger partial charge in [-0.15, -0.1) is 0 Å². The molecule has 0 bridgehead atoms. The third-order valence-corrected chi connectivity index (χ3v) is 1.84. The van der Waals surface area contributed by atoms with Gasteiger partial charge in [-0.3, -0.25) is 0 Å². The van der Waals surface area contributed by atoms with Crippen LogP contribution < -0.4 is 22.1 Å². The van der Waals surface area contributed by atoms with E-state index < -0.39 is 6.03 Å². The molecular weight excluding hydrogens is 196 g/mol. The Morgan fingerprint density at radius 2 is 2.20 bits per heavy atom. The fourth-order valence-electron chi connectivity index (χ4n) is 1.01. The zero-order valence-corrected chi connectivity index (χ0v) is 8.45. The van der Waals surface area contributed by atoms with Crippen molar-refractivity contribution in [1.29, 1.82) is 0 Å². The summed E-state index contributed by atoms with van der Waals surface area (Å²) in [4.78, 5) is 18.2. The number of nitrogens with zero attached hydrogens (tertiary/aromatic N) is 2. The highest BCUT2D eigenvalue weighted by Gasteiger charge is 2.02. The second kappa shape index (κ2) is 4.99. The summed E-state index contributed by atoms with van der Waals surface area (Å²) in [6.45, 7) is 2.78. The molecule has 0 saturated carbocycles. The predicted molar refractivity (Wildman–Crippen MR) is 57.3 cm³/mol. The minimum Gasteiger partial charge on any atom is -0.383 e. The molecule has 0 spiro atoms. The molecule has 0 aliphatic rings. The van der Waals surface area contributed by atoms with Gasteiger partial charge in [-0.05, 0) is 6.92 Å². The Kier molecular flexibility index (Phi) is 3.67. The Morgan fingerprint density at radius 1 is 1.47 bits per heavy atom. The van der Waals surface area contributed by atoms with Crippen LogP contribution in [-0.4, -0.2) is 29.1 Å². The maximum atomic E-state index is 10.4. The number of hydrogen-bond acceptors (Lipinski definition) is 5. The van der Waals surface area contributed by atoms with Crippen LogP contribution in [0.3, 0.4) is 0 Å². The van der Waals surface area contributed by atoms with Gasteiger partial charge in [-0.2, -0.15) is 0 Å². The lowest BCUT2D eigenvalue weighted by atomic mass is 10.3. The van der Waals surface area contributed by atoms with E-state index in [9.17, 15) is 4.79 Å². The number of nitrogens with one attached hydrogen (secondary N) is 2. The number of rotatable bonds is 4. The molecule has 82 valence electrons. The van der Waals surface area contributed by atoms with Gasteiger partial charge in [-0.25, -0.2) is 14.8 Å². The van der Waals surface area contributed by atoms with E-state index in [1.807, 2.05) is 6.92 Å². The Morgan fingerprint density at radius 3 is 2.87 bits per heavy atom. The number of anilines is 2. The number of nitrogen functional groups attached to an aromatic ring is 1. The van der Waals surface area contributed by atoms with Crippen molar-refractivity contribution in [1.82, 2.24) is 15.3 Å². The van der Waals surface area contributed by atoms with Crippen LogP contribution >= 0.6 is 0 Å². The van der Waals surface area contributed by atoms with E-state index in [1.54, 1.807) is 0 Å². The zero-order chi connectivity index (χ0) is 11.3. The van der Waals surface area contributed by atoms with Crippen LogP contribution in [0, 0.1) is 6.92 Å². The first kappa shape index (κ1) is 11.0. The number of carbonyl (C=O) groups excluding carboxylic acids is 1.